The van der Waals surface area contributed by atoms with Crippen molar-refractivity contribution in [2.24, 2.45) is 0 Å². The maximum Gasteiger partial charge on any atom is 0.249 e. The van der Waals surface area contributed by atoms with Gasteiger partial charge in [-0.3, -0.25) is 0 Å². The van der Waals surface area contributed by atoms with Crippen molar-refractivity contribution in [2.75, 3.05) is 17.4 Å². The summed E-state index contributed by atoms with van der Waals surface area (Å²) < 4.78 is 10.7. The Morgan fingerprint density at radius 3 is 2.69 bits per heavy atom. The lowest BCUT2D eigenvalue weighted by Crippen LogP contribution is -2.06. The molecule has 2 N–H and O–H groups in total. The normalized spacial score (nSPS) is 12.1. The van der Waals surface area contributed by atoms with Gasteiger partial charge in [-0.05, 0) is 42.7 Å². The van der Waals surface area contributed by atoms with Crippen LogP contribution in [0.15, 0.2) is 42.6 Å². The molecule has 0 bridgehead atoms. The Morgan fingerprint density at radius 1 is 1.04 bits per heavy atom. The Bertz CT molecular complexity index is 925. The van der Waals surface area contributed by atoms with Crippen LogP contribution in [-0.4, -0.2) is 22.0 Å². The standard InChI is InChI=1S/C19H19N5O2/c1-12-4-3-5-13(2)18(12)23-19-22-17(10-21-24-19)20-9-14-6-7-15-16(8-14)26-11-25-15/h3-8,10H,9,11H2,1-2H3,(H2,20,22,23,24). The van der Waals surface area contributed by atoms with E-state index >= 15 is 0 Å². The lowest BCUT2D eigenvalue weighted by molar-refractivity contribution is 0.174. The van der Waals surface area contributed by atoms with Gasteiger partial charge in [0.15, 0.2) is 17.3 Å². The molecular weight excluding hydrogens is 330 g/mol. The minimum absolute atomic E-state index is 0.273. The average Bonchev–Trinajstić information content (AvgIpc) is 3.11. The van der Waals surface area contributed by atoms with Gasteiger partial charge >= 0.3 is 0 Å². The van der Waals surface area contributed by atoms with E-state index in [1.54, 1.807) is 6.20 Å². The number of fused-ring (bicyclic) bond motifs is 1. The number of benzene rings is 2. The zero-order chi connectivity index (χ0) is 17.9. The molecule has 4 rings (SSSR count). The maximum absolute atomic E-state index is 5.40. The molecule has 1 aromatic heterocycles. The van der Waals surface area contributed by atoms with E-state index in [0.717, 1.165) is 33.9 Å². The topological polar surface area (TPSA) is 81.2 Å². The van der Waals surface area contributed by atoms with Crippen LogP contribution in [0.25, 0.3) is 0 Å². The van der Waals surface area contributed by atoms with Crippen LogP contribution in [0, 0.1) is 13.8 Å². The van der Waals surface area contributed by atoms with Gasteiger partial charge in [0.05, 0.1) is 6.20 Å². The summed E-state index contributed by atoms with van der Waals surface area (Å²) >= 11 is 0. The number of rotatable bonds is 5. The summed E-state index contributed by atoms with van der Waals surface area (Å²) in [7, 11) is 0. The second-order valence-corrected chi connectivity index (χ2v) is 6.10. The third-order valence-electron chi connectivity index (χ3n) is 4.19. The van der Waals surface area contributed by atoms with Gasteiger partial charge in [-0.2, -0.15) is 10.1 Å². The Kier molecular flexibility index (Phi) is 4.27. The first-order chi connectivity index (χ1) is 12.7. The highest BCUT2D eigenvalue weighted by atomic mass is 16.7. The predicted molar refractivity (Wildman–Crippen MR) is 98.9 cm³/mol. The predicted octanol–water partition coefficient (Wildman–Crippen LogP) is 3.57. The minimum Gasteiger partial charge on any atom is -0.454 e. The Hall–Kier alpha value is -3.35. The molecule has 26 heavy (non-hydrogen) atoms. The molecule has 132 valence electrons. The van der Waals surface area contributed by atoms with E-state index in [4.69, 9.17) is 9.47 Å². The van der Waals surface area contributed by atoms with Gasteiger partial charge in [-0.25, -0.2) is 0 Å². The lowest BCUT2D eigenvalue weighted by Gasteiger charge is -2.12. The molecule has 0 unspecified atom stereocenters. The minimum atomic E-state index is 0.273. The summed E-state index contributed by atoms with van der Waals surface area (Å²) in [6, 6.07) is 12.0. The number of aromatic nitrogens is 3. The molecule has 1 aliphatic rings. The van der Waals surface area contributed by atoms with E-state index in [0.29, 0.717) is 18.3 Å². The van der Waals surface area contributed by atoms with Crippen LogP contribution in [0.4, 0.5) is 17.5 Å². The van der Waals surface area contributed by atoms with E-state index in [1.165, 1.54) is 0 Å². The molecule has 0 saturated heterocycles. The number of aryl methyl sites for hydroxylation is 2. The molecule has 0 amide bonds. The van der Waals surface area contributed by atoms with Crippen LogP contribution >= 0.6 is 0 Å². The number of anilines is 3. The molecule has 7 nitrogen and oxygen atoms in total. The third-order valence-corrected chi connectivity index (χ3v) is 4.19. The number of ether oxygens (including phenoxy) is 2. The summed E-state index contributed by atoms with van der Waals surface area (Å²) in [5.41, 5.74) is 4.33. The fourth-order valence-corrected chi connectivity index (χ4v) is 2.81. The second kappa shape index (κ2) is 6.87. The average molecular weight is 349 g/mol. The molecule has 2 aromatic carbocycles. The fourth-order valence-electron chi connectivity index (χ4n) is 2.81. The van der Waals surface area contributed by atoms with Crippen molar-refractivity contribution in [1.29, 1.82) is 0 Å². The summed E-state index contributed by atoms with van der Waals surface area (Å²) in [6.45, 7) is 4.96. The highest BCUT2D eigenvalue weighted by molar-refractivity contribution is 5.63. The Balaban J connectivity index is 1.46. The van der Waals surface area contributed by atoms with Crippen LogP contribution in [0.2, 0.25) is 0 Å². The molecule has 1 aliphatic heterocycles. The number of para-hydroxylation sites is 1. The number of hydrogen-bond donors (Lipinski definition) is 2. The van der Waals surface area contributed by atoms with Crippen molar-refractivity contribution in [2.45, 2.75) is 20.4 Å². The van der Waals surface area contributed by atoms with Crippen LogP contribution in [0.1, 0.15) is 16.7 Å². The number of nitrogens with zero attached hydrogens (tertiary/aromatic N) is 3. The summed E-state index contributed by atoms with van der Waals surface area (Å²) in [4.78, 5) is 4.49. The molecular formula is C19H19N5O2. The van der Waals surface area contributed by atoms with Gasteiger partial charge < -0.3 is 20.1 Å². The van der Waals surface area contributed by atoms with Gasteiger partial charge in [0.25, 0.3) is 0 Å². The quantitative estimate of drug-likeness (QED) is 0.729. The van der Waals surface area contributed by atoms with Crippen molar-refractivity contribution in [3.63, 3.8) is 0 Å². The second-order valence-electron chi connectivity index (χ2n) is 6.10. The van der Waals surface area contributed by atoms with Crippen LogP contribution in [0.5, 0.6) is 11.5 Å². The summed E-state index contributed by atoms with van der Waals surface area (Å²) in [6.07, 6.45) is 1.60. The largest absolute Gasteiger partial charge is 0.454 e. The van der Waals surface area contributed by atoms with E-state index in [-0.39, 0.29) is 6.79 Å². The lowest BCUT2D eigenvalue weighted by atomic mass is 10.1. The molecule has 0 radical (unpaired) electrons. The van der Waals surface area contributed by atoms with E-state index < -0.39 is 0 Å². The van der Waals surface area contributed by atoms with Crippen LogP contribution in [0.3, 0.4) is 0 Å². The summed E-state index contributed by atoms with van der Waals surface area (Å²) in [5, 5.41) is 14.6. The first-order valence-electron chi connectivity index (χ1n) is 8.34. The molecule has 0 aliphatic carbocycles. The van der Waals surface area contributed by atoms with Crippen LogP contribution in [-0.2, 0) is 6.54 Å². The monoisotopic (exact) mass is 349 g/mol. The first kappa shape index (κ1) is 16.1. The van der Waals surface area contributed by atoms with Gasteiger partial charge in [0.1, 0.15) is 0 Å². The molecule has 7 heteroatoms. The van der Waals surface area contributed by atoms with Crippen molar-refractivity contribution >= 4 is 17.5 Å². The Labute approximate surface area is 151 Å². The highest BCUT2D eigenvalue weighted by Crippen LogP contribution is 2.32. The van der Waals surface area contributed by atoms with Gasteiger partial charge in [-0.1, -0.05) is 24.3 Å². The zero-order valence-corrected chi connectivity index (χ0v) is 14.6. The molecule has 0 fully saturated rings. The van der Waals surface area contributed by atoms with E-state index in [2.05, 4.69) is 25.8 Å². The molecule has 0 saturated carbocycles. The van der Waals surface area contributed by atoms with E-state index in [1.807, 2.05) is 50.2 Å². The Morgan fingerprint density at radius 2 is 1.85 bits per heavy atom. The van der Waals surface area contributed by atoms with Gasteiger partial charge in [0, 0.05) is 12.2 Å². The first-order valence-corrected chi connectivity index (χ1v) is 8.34. The van der Waals surface area contributed by atoms with Gasteiger partial charge in [0.2, 0.25) is 12.7 Å². The smallest absolute Gasteiger partial charge is 0.249 e. The molecule has 3 aromatic rings. The van der Waals surface area contributed by atoms with Crippen LogP contribution < -0.4 is 20.1 Å². The number of nitrogens with one attached hydrogen (secondary N) is 2. The molecule has 2 heterocycles. The maximum atomic E-state index is 5.40. The third kappa shape index (κ3) is 3.37. The van der Waals surface area contributed by atoms with E-state index in [9.17, 15) is 0 Å². The number of hydrogen-bond acceptors (Lipinski definition) is 7. The molecule has 0 atom stereocenters. The molecule has 0 spiro atoms. The SMILES string of the molecule is Cc1cccc(C)c1Nc1nncc(NCc2ccc3c(c2)OCO3)n1. The van der Waals surface area contributed by atoms with Gasteiger partial charge in [-0.15, -0.1) is 5.10 Å². The van der Waals surface area contributed by atoms with Crippen molar-refractivity contribution in [3.8, 4) is 11.5 Å². The zero-order valence-electron chi connectivity index (χ0n) is 14.6. The van der Waals surface area contributed by atoms with Crippen molar-refractivity contribution in [1.82, 2.24) is 15.2 Å². The fraction of sp³-hybridized carbons (Fsp3) is 0.211. The van der Waals surface area contributed by atoms with Crippen molar-refractivity contribution < 1.29 is 9.47 Å². The summed E-state index contributed by atoms with van der Waals surface area (Å²) in [5.74, 6) is 2.64. The highest BCUT2D eigenvalue weighted by Gasteiger charge is 2.13. The van der Waals surface area contributed by atoms with Crippen molar-refractivity contribution in [3.05, 3.63) is 59.3 Å².